The number of para-hydroxylation sites is 1. The van der Waals surface area contributed by atoms with Gasteiger partial charge in [0.25, 0.3) is 5.70 Å². The third-order valence-corrected chi connectivity index (χ3v) is 9.73. The Morgan fingerprint density at radius 1 is 0.725 bits per heavy atom. The number of allylic oxidation sites excluding steroid dienone is 6. The molecule has 51 heavy (non-hydrogen) atoms. The minimum atomic E-state index is 0.0344. The fraction of sp³-hybridized carbons (Fsp3) is 0.130. The summed E-state index contributed by atoms with van der Waals surface area (Å²) in [5, 5.41) is 12.1. The zero-order chi connectivity index (χ0) is 34.6. The van der Waals surface area contributed by atoms with E-state index in [0.717, 1.165) is 54.1 Å². The summed E-state index contributed by atoms with van der Waals surface area (Å²) in [6, 6.07) is 40.4. The molecule has 0 N–H and O–H groups in total. The van der Waals surface area contributed by atoms with Crippen LogP contribution in [-0.2, 0) is 17.6 Å². The molecule has 0 radical (unpaired) electrons. The number of anilines is 4. The van der Waals surface area contributed by atoms with Crippen LogP contribution in [0.15, 0.2) is 156 Å². The summed E-state index contributed by atoms with van der Waals surface area (Å²) in [4.78, 5) is 8.31. The highest BCUT2D eigenvalue weighted by Gasteiger charge is 2.24. The monoisotopic (exact) mass is 660 g/mol. The van der Waals surface area contributed by atoms with Crippen LogP contribution in [-0.4, -0.2) is 13.1 Å². The zero-order valence-corrected chi connectivity index (χ0v) is 28.3. The van der Waals surface area contributed by atoms with E-state index in [0.29, 0.717) is 17.1 Å². The smallest absolute Gasteiger partial charge is 0.269 e. The summed E-state index contributed by atoms with van der Waals surface area (Å²) in [7, 11) is 0. The van der Waals surface area contributed by atoms with Gasteiger partial charge in [-0.05, 0) is 126 Å². The Bertz CT molecular complexity index is 2310. The molecule has 8 rings (SSSR count). The molecule has 5 nitrogen and oxygen atoms in total. The summed E-state index contributed by atoms with van der Waals surface area (Å²) in [5.74, 6) is 1.14. The number of rotatable bonds is 7. The average molecular weight is 661 g/mol. The fourth-order valence-corrected chi connectivity index (χ4v) is 7.42. The molecule has 0 aromatic heterocycles. The molecule has 0 fully saturated rings. The average Bonchev–Trinajstić information content (AvgIpc) is 3.18. The lowest BCUT2D eigenvalue weighted by Gasteiger charge is -2.37. The molecule has 5 heteroatoms. The van der Waals surface area contributed by atoms with Crippen LogP contribution < -0.4 is 9.80 Å². The minimum absolute atomic E-state index is 0.0344. The first kappa shape index (κ1) is 31.7. The maximum atomic E-state index is 9.69. The summed E-state index contributed by atoms with van der Waals surface area (Å²) >= 11 is 0. The van der Waals surface area contributed by atoms with E-state index >= 15 is 0 Å². The molecule has 5 aromatic carbocycles. The van der Waals surface area contributed by atoms with Gasteiger partial charge in [0.15, 0.2) is 0 Å². The van der Waals surface area contributed by atoms with Crippen LogP contribution in [0.25, 0.3) is 27.8 Å². The lowest BCUT2D eigenvalue weighted by molar-refractivity contribution is 0.332. The summed E-state index contributed by atoms with van der Waals surface area (Å²) in [6.45, 7) is 9.88. The third kappa shape index (κ3) is 6.58. The fourth-order valence-electron chi connectivity index (χ4n) is 7.42. The molecule has 3 aliphatic heterocycles. The number of nitriles is 1. The highest BCUT2D eigenvalue weighted by Crippen LogP contribution is 2.39. The molecule has 0 saturated heterocycles. The largest absolute Gasteiger partial charge is 0.457 e. The number of aryl methyl sites for hydroxylation is 2. The molecule has 246 valence electrons. The van der Waals surface area contributed by atoms with Gasteiger partial charge in [0.2, 0.25) is 0 Å². The van der Waals surface area contributed by atoms with Gasteiger partial charge in [-0.15, -0.1) is 0 Å². The maximum Gasteiger partial charge on any atom is 0.269 e. The van der Waals surface area contributed by atoms with E-state index in [2.05, 4.69) is 124 Å². The Hall–Kier alpha value is -6.56. The van der Waals surface area contributed by atoms with E-state index in [9.17, 15) is 5.26 Å². The number of benzene rings is 5. The second-order valence-corrected chi connectivity index (χ2v) is 13.0. The van der Waals surface area contributed by atoms with Gasteiger partial charge >= 0.3 is 0 Å². The molecular formula is C46H36N4O. The molecule has 0 saturated carbocycles. The Morgan fingerprint density at radius 3 is 2.04 bits per heavy atom. The highest BCUT2D eigenvalue weighted by atomic mass is 16.5. The van der Waals surface area contributed by atoms with Crippen LogP contribution in [0.5, 0.6) is 0 Å². The van der Waals surface area contributed by atoms with Crippen molar-refractivity contribution < 1.29 is 4.74 Å². The van der Waals surface area contributed by atoms with E-state index in [-0.39, 0.29) is 5.70 Å². The van der Waals surface area contributed by atoms with Gasteiger partial charge in [0.1, 0.15) is 11.5 Å². The van der Waals surface area contributed by atoms with Crippen molar-refractivity contribution in [3.05, 3.63) is 190 Å². The van der Waals surface area contributed by atoms with Gasteiger partial charge in [-0.2, -0.15) is 0 Å². The molecule has 0 unspecified atom stereocenters. The van der Waals surface area contributed by atoms with Crippen molar-refractivity contribution in [3.63, 3.8) is 0 Å². The Balaban J connectivity index is 1.06. The third-order valence-electron chi connectivity index (χ3n) is 9.73. The van der Waals surface area contributed by atoms with Crippen molar-refractivity contribution in [2.24, 2.45) is 0 Å². The lowest BCUT2D eigenvalue weighted by atomic mass is 9.90. The van der Waals surface area contributed by atoms with Crippen molar-refractivity contribution in [3.8, 4) is 6.07 Å². The van der Waals surface area contributed by atoms with E-state index in [1.807, 2.05) is 30.4 Å². The summed E-state index contributed by atoms with van der Waals surface area (Å²) < 4.78 is 6.30. The maximum absolute atomic E-state index is 9.69. The number of hydrogen-bond donors (Lipinski definition) is 0. The number of hydrogen-bond acceptors (Lipinski definition) is 4. The molecule has 3 aliphatic rings. The summed E-state index contributed by atoms with van der Waals surface area (Å²) in [6.07, 6.45) is 16.0. The van der Waals surface area contributed by atoms with E-state index in [4.69, 9.17) is 11.3 Å². The molecule has 0 bridgehead atoms. The number of fused-ring (bicyclic) bond motifs is 1. The van der Waals surface area contributed by atoms with E-state index in [1.54, 1.807) is 12.2 Å². The minimum Gasteiger partial charge on any atom is -0.457 e. The SMILES string of the molecule is [C-]#[N+]/C(C#N)=C1C=C(/C=C/c2ccc(N(c3ccccc3)c3cccc4ccccc34)cc2)OC(/C=C/c2cc3c4c(c2)CCCN4CCC3)=C/1. The number of ether oxygens (including phenoxy) is 1. The van der Waals surface area contributed by atoms with Gasteiger partial charge in [-0.1, -0.05) is 78.9 Å². The lowest BCUT2D eigenvalue weighted by Crippen LogP contribution is -2.34. The zero-order valence-electron chi connectivity index (χ0n) is 28.3. The number of nitrogens with zero attached hydrogens (tertiary/aromatic N) is 4. The van der Waals surface area contributed by atoms with Crippen molar-refractivity contribution in [2.75, 3.05) is 22.9 Å². The molecule has 0 spiro atoms. The first-order chi connectivity index (χ1) is 25.2. The van der Waals surface area contributed by atoms with Crippen LogP contribution in [0.3, 0.4) is 0 Å². The van der Waals surface area contributed by atoms with E-state index in [1.165, 1.54) is 40.4 Å². The molecule has 0 amide bonds. The normalized spacial score (nSPS) is 16.2. The van der Waals surface area contributed by atoms with Gasteiger partial charge in [0.05, 0.1) is 18.3 Å². The Morgan fingerprint density at radius 2 is 1.35 bits per heavy atom. The van der Waals surface area contributed by atoms with Gasteiger partial charge < -0.3 is 14.5 Å². The standard InChI is InChI=1S/C46H36N4O/c1-48-44(32-47)38-30-41(51-42(31-38)25-21-34-28-36-12-8-26-49-27-9-13-37(29-34)46(36)49)24-20-33-18-22-40(23-19-33)50(39-14-3-2-4-15-39)45-17-7-11-35-10-5-6-16-43(35)45/h2-7,10-11,14-25,28-31H,8-9,12-13,26-27H2/b24-20+,25-21+,44-38-. The van der Waals surface area contributed by atoms with Crippen molar-refractivity contribution in [1.82, 2.24) is 0 Å². The second-order valence-electron chi connectivity index (χ2n) is 13.0. The first-order valence-electron chi connectivity index (χ1n) is 17.5. The van der Waals surface area contributed by atoms with Crippen LogP contribution in [0.2, 0.25) is 0 Å². The quantitative estimate of drug-likeness (QED) is 0.129. The van der Waals surface area contributed by atoms with Crippen molar-refractivity contribution >= 4 is 45.7 Å². The predicted molar refractivity (Wildman–Crippen MR) is 208 cm³/mol. The van der Waals surface area contributed by atoms with Crippen molar-refractivity contribution in [2.45, 2.75) is 25.7 Å². The highest BCUT2D eigenvalue weighted by molar-refractivity contribution is 5.98. The van der Waals surface area contributed by atoms with Crippen LogP contribution in [0.1, 0.15) is 35.1 Å². The first-order valence-corrected chi connectivity index (χ1v) is 17.5. The molecule has 0 atom stereocenters. The van der Waals surface area contributed by atoms with Gasteiger partial charge in [0, 0.05) is 35.5 Å². The molecule has 0 aliphatic carbocycles. The van der Waals surface area contributed by atoms with E-state index < -0.39 is 0 Å². The topological polar surface area (TPSA) is 43.9 Å². The molecule has 5 aromatic rings. The molecular weight excluding hydrogens is 625 g/mol. The summed E-state index contributed by atoms with van der Waals surface area (Å²) in [5.41, 5.74) is 10.2. The van der Waals surface area contributed by atoms with Crippen LogP contribution in [0.4, 0.5) is 22.7 Å². The second kappa shape index (κ2) is 14.1. The van der Waals surface area contributed by atoms with Gasteiger partial charge in [-0.25, -0.2) is 10.1 Å². The molecule has 3 heterocycles. The Kier molecular flexibility index (Phi) is 8.77. The Labute approximate surface area is 299 Å². The van der Waals surface area contributed by atoms with Crippen LogP contribution >= 0.6 is 0 Å². The van der Waals surface area contributed by atoms with Crippen LogP contribution in [0, 0.1) is 17.9 Å². The van der Waals surface area contributed by atoms with Gasteiger partial charge in [-0.3, -0.25) is 0 Å². The van der Waals surface area contributed by atoms with Crippen molar-refractivity contribution in [1.29, 1.82) is 5.26 Å². The predicted octanol–water partition coefficient (Wildman–Crippen LogP) is 11.2.